The van der Waals surface area contributed by atoms with Gasteiger partial charge in [0.25, 0.3) is 0 Å². The number of hydrogen-bond donors (Lipinski definition) is 0. The minimum Gasteiger partial charge on any atom is -0.247 e. The van der Waals surface area contributed by atoms with Crippen molar-refractivity contribution in [3.05, 3.63) is 30.2 Å². The minimum absolute atomic E-state index is 0.0387. The molecule has 72 valence electrons. The number of nitrogens with zero attached hydrogens (tertiary/aromatic N) is 3. The zero-order valence-electron chi connectivity index (χ0n) is 8.65. The fraction of sp³-hybridized carbons (Fsp3) is 0.364. The predicted octanol–water partition coefficient (Wildman–Crippen LogP) is 2.32. The molecule has 0 atom stereocenters. The molecule has 0 aliphatic carbocycles. The van der Waals surface area contributed by atoms with Crippen molar-refractivity contribution in [1.82, 2.24) is 15.0 Å². The topological polar surface area (TPSA) is 38.7 Å². The van der Waals surface area contributed by atoms with E-state index in [-0.39, 0.29) is 5.41 Å². The number of pyridine rings is 1. The quantitative estimate of drug-likeness (QED) is 0.635. The Balaban J connectivity index is 2.63. The normalized spacial score (nSPS) is 11.9. The van der Waals surface area contributed by atoms with Crippen molar-refractivity contribution in [2.45, 2.75) is 26.2 Å². The average Bonchev–Trinajstić information content (AvgIpc) is 2.16. The molecule has 0 aliphatic rings. The molecule has 0 spiro atoms. The van der Waals surface area contributed by atoms with Gasteiger partial charge in [-0.3, -0.25) is 0 Å². The van der Waals surface area contributed by atoms with Gasteiger partial charge in [-0.1, -0.05) is 20.8 Å². The van der Waals surface area contributed by atoms with Crippen LogP contribution in [0.15, 0.2) is 24.5 Å². The van der Waals surface area contributed by atoms with Crippen LogP contribution in [0.2, 0.25) is 0 Å². The van der Waals surface area contributed by atoms with Gasteiger partial charge in [0.2, 0.25) is 0 Å². The molecule has 0 bridgehead atoms. The van der Waals surface area contributed by atoms with Gasteiger partial charge in [0, 0.05) is 11.6 Å². The summed E-state index contributed by atoms with van der Waals surface area (Å²) in [7, 11) is 0. The highest BCUT2D eigenvalue weighted by molar-refractivity contribution is 5.68. The third kappa shape index (κ3) is 1.58. The number of fused-ring (bicyclic) bond motifs is 1. The van der Waals surface area contributed by atoms with Crippen LogP contribution in [0.25, 0.3) is 11.2 Å². The lowest BCUT2D eigenvalue weighted by atomic mass is 9.93. The molecule has 0 saturated carbocycles. The standard InChI is InChI=1S/C11H13N3/c1-11(2,3)9-7-13-10-8(14-9)5-4-6-12-10/h4-7H,1-3H3. The largest absolute Gasteiger partial charge is 0.247 e. The van der Waals surface area contributed by atoms with E-state index in [0.717, 1.165) is 11.2 Å². The van der Waals surface area contributed by atoms with Crippen molar-refractivity contribution in [2.75, 3.05) is 0 Å². The Labute approximate surface area is 83.2 Å². The lowest BCUT2D eigenvalue weighted by Gasteiger charge is -2.16. The van der Waals surface area contributed by atoms with E-state index in [2.05, 4.69) is 35.7 Å². The third-order valence-corrected chi connectivity index (χ3v) is 2.08. The van der Waals surface area contributed by atoms with Crippen LogP contribution in [-0.2, 0) is 5.41 Å². The second-order valence-corrected chi connectivity index (χ2v) is 4.35. The molecule has 3 heteroatoms. The summed E-state index contributed by atoms with van der Waals surface area (Å²) in [6, 6.07) is 3.81. The highest BCUT2D eigenvalue weighted by Gasteiger charge is 2.16. The van der Waals surface area contributed by atoms with Crippen LogP contribution in [0.1, 0.15) is 26.5 Å². The summed E-state index contributed by atoms with van der Waals surface area (Å²) in [6.45, 7) is 6.37. The zero-order chi connectivity index (χ0) is 10.2. The van der Waals surface area contributed by atoms with E-state index in [1.54, 1.807) is 12.4 Å². The summed E-state index contributed by atoms with van der Waals surface area (Å²) >= 11 is 0. The van der Waals surface area contributed by atoms with Crippen molar-refractivity contribution in [3.8, 4) is 0 Å². The van der Waals surface area contributed by atoms with Crippen molar-refractivity contribution in [1.29, 1.82) is 0 Å². The lowest BCUT2D eigenvalue weighted by Crippen LogP contribution is -2.14. The van der Waals surface area contributed by atoms with Gasteiger partial charge in [-0.25, -0.2) is 15.0 Å². The summed E-state index contributed by atoms with van der Waals surface area (Å²) < 4.78 is 0. The molecule has 0 aliphatic heterocycles. The predicted molar refractivity (Wildman–Crippen MR) is 56.0 cm³/mol. The van der Waals surface area contributed by atoms with Gasteiger partial charge >= 0.3 is 0 Å². The first-order valence-electron chi connectivity index (χ1n) is 4.65. The van der Waals surface area contributed by atoms with Crippen LogP contribution in [0.4, 0.5) is 0 Å². The van der Waals surface area contributed by atoms with E-state index in [0.29, 0.717) is 5.65 Å². The first-order chi connectivity index (χ1) is 6.57. The molecule has 3 nitrogen and oxygen atoms in total. The second kappa shape index (κ2) is 3.01. The summed E-state index contributed by atoms with van der Waals surface area (Å²) in [6.07, 6.45) is 3.53. The molecule has 0 aromatic carbocycles. The first-order valence-corrected chi connectivity index (χ1v) is 4.65. The average molecular weight is 187 g/mol. The summed E-state index contributed by atoms with van der Waals surface area (Å²) in [4.78, 5) is 12.9. The highest BCUT2D eigenvalue weighted by Crippen LogP contribution is 2.20. The summed E-state index contributed by atoms with van der Waals surface area (Å²) in [5.41, 5.74) is 2.61. The Bertz CT molecular complexity index is 457. The van der Waals surface area contributed by atoms with Crippen molar-refractivity contribution in [3.63, 3.8) is 0 Å². The molecule has 0 amide bonds. The Morgan fingerprint density at radius 3 is 2.64 bits per heavy atom. The van der Waals surface area contributed by atoms with Crippen molar-refractivity contribution < 1.29 is 0 Å². The second-order valence-electron chi connectivity index (χ2n) is 4.35. The zero-order valence-corrected chi connectivity index (χ0v) is 8.65. The lowest BCUT2D eigenvalue weighted by molar-refractivity contribution is 0.568. The number of aromatic nitrogens is 3. The van der Waals surface area contributed by atoms with E-state index < -0.39 is 0 Å². The monoisotopic (exact) mass is 187 g/mol. The van der Waals surface area contributed by atoms with Crippen LogP contribution in [0, 0.1) is 0 Å². The highest BCUT2D eigenvalue weighted by atomic mass is 14.9. The first kappa shape index (κ1) is 9.06. The molecule has 0 N–H and O–H groups in total. The van der Waals surface area contributed by atoms with Crippen LogP contribution < -0.4 is 0 Å². The smallest absolute Gasteiger partial charge is 0.178 e. The fourth-order valence-corrected chi connectivity index (χ4v) is 1.22. The maximum absolute atomic E-state index is 4.52. The van der Waals surface area contributed by atoms with Gasteiger partial charge in [-0.15, -0.1) is 0 Å². The van der Waals surface area contributed by atoms with Crippen LogP contribution >= 0.6 is 0 Å². The molecule has 2 aromatic rings. The molecule has 0 radical (unpaired) electrons. The molecule has 0 saturated heterocycles. The molecule has 14 heavy (non-hydrogen) atoms. The Morgan fingerprint density at radius 2 is 1.93 bits per heavy atom. The van der Waals surface area contributed by atoms with Gasteiger partial charge in [0.1, 0.15) is 5.52 Å². The van der Waals surface area contributed by atoms with E-state index >= 15 is 0 Å². The van der Waals surface area contributed by atoms with Crippen LogP contribution in [-0.4, -0.2) is 15.0 Å². The van der Waals surface area contributed by atoms with E-state index in [9.17, 15) is 0 Å². The Morgan fingerprint density at radius 1 is 1.14 bits per heavy atom. The van der Waals surface area contributed by atoms with Gasteiger partial charge in [-0.2, -0.15) is 0 Å². The maximum Gasteiger partial charge on any atom is 0.178 e. The Hall–Kier alpha value is -1.51. The number of hydrogen-bond acceptors (Lipinski definition) is 3. The summed E-state index contributed by atoms with van der Waals surface area (Å²) in [5.74, 6) is 0. The van der Waals surface area contributed by atoms with Gasteiger partial charge in [-0.05, 0) is 12.1 Å². The van der Waals surface area contributed by atoms with Gasteiger partial charge in [0.05, 0.1) is 11.9 Å². The Kier molecular flexibility index (Phi) is 1.95. The molecule has 0 unspecified atom stereocenters. The molecular formula is C11H13N3. The summed E-state index contributed by atoms with van der Waals surface area (Å²) in [5, 5.41) is 0. The maximum atomic E-state index is 4.52. The molecule has 0 fully saturated rings. The van der Waals surface area contributed by atoms with Gasteiger partial charge in [0.15, 0.2) is 5.65 Å². The van der Waals surface area contributed by atoms with Crippen LogP contribution in [0.3, 0.4) is 0 Å². The van der Waals surface area contributed by atoms with E-state index in [1.165, 1.54) is 0 Å². The van der Waals surface area contributed by atoms with Crippen molar-refractivity contribution >= 4 is 11.2 Å². The molecule has 2 aromatic heterocycles. The van der Waals surface area contributed by atoms with E-state index in [4.69, 9.17) is 0 Å². The van der Waals surface area contributed by atoms with E-state index in [1.807, 2.05) is 12.1 Å². The van der Waals surface area contributed by atoms with Crippen molar-refractivity contribution in [2.24, 2.45) is 0 Å². The molecule has 2 rings (SSSR count). The third-order valence-electron chi connectivity index (χ3n) is 2.08. The SMILES string of the molecule is CC(C)(C)c1cnc2ncccc2n1. The molecule has 2 heterocycles. The molecular weight excluding hydrogens is 174 g/mol. The van der Waals surface area contributed by atoms with Gasteiger partial charge < -0.3 is 0 Å². The minimum atomic E-state index is 0.0387. The van der Waals surface area contributed by atoms with Crippen LogP contribution in [0.5, 0.6) is 0 Å². The fourth-order valence-electron chi connectivity index (χ4n) is 1.22. The number of rotatable bonds is 0.